The number of carbonyl (C=O) groups is 3. The van der Waals surface area contributed by atoms with Crippen molar-refractivity contribution >= 4 is 29.4 Å². The molecule has 1 aliphatic rings. The summed E-state index contributed by atoms with van der Waals surface area (Å²) in [5.41, 5.74) is 0.674. The van der Waals surface area contributed by atoms with Crippen molar-refractivity contribution < 1.29 is 19.1 Å². The van der Waals surface area contributed by atoms with Crippen LogP contribution in [0.1, 0.15) is 80.7 Å². The number of rotatable bonds is 7. The van der Waals surface area contributed by atoms with Gasteiger partial charge >= 0.3 is 5.97 Å². The van der Waals surface area contributed by atoms with Gasteiger partial charge in [0.1, 0.15) is 0 Å². The average Bonchev–Trinajstić information content (AvgIpc) is 2.81. The molecule has 1 fully saturated rings. The number of ether oxygens (including phenoxy) is 1. The molecule has 0 aliphatic carbocycles. The van der Waals surface area contributed by atoms with Crippen molar-refractivity contribution in [3.63, 3.8) is 0 Å². The molecular weight excluding hydrogens is 476 g/mol. The maximum atomic E-state index is 13.3. The molecular formula is C29H37ClN2O4. The lowest BCUT2D eigenvalue weighted by Gasteiger charge is -2.52. The number of hydrogen-bond acceptors (Lipinski definition) is 4. The largest absolute Gasteiger partial charge is 0.462 e. The van der Waals surface area contributed by atoms with Gasteiger partial charge in [-0.1, -0.05) is 56.6 Å². The van der Waals surface area contributed by atoms with Gasteiger partial charge in [0.2, 0.25) is 5.91 Å². The van der Waals surface area contributed by atoms with Gasteiger partial charge in [0, 0.05) is 36.0 Å². The third kappa shape index (κ3) is 5.92. The first-order valence-corrected chi connectivity index (χ1v) is 12.8. The summed E-state index contributed by atoms with van der Waals surface area (Å²) in [5, 5.41) is 3.36. The molecule has 1 N–H and O–H groups in total. The van der Waals surface area contributed by atoms with Crippen molar-refractivity contribution in [2.45, 2.75) is 65.3 Å². The Bertz CT molecular complexity index is 1130. The fourth-order valence-electron chi connectivity index (χ4n) is 4.91. The lowest BCUT2D eigenvalue weighted by Crippen LogP contribution is -2.57. The standard InChI is InChI=1S/C29H37ClN2O4/c1-7-36-26(35)22-17-21(13-14-23(22)30)29(6)15-16-32(19-27(29,2)3)24(33)18-28(4,5)31-25(34)20-11-9-8-10-12-20/h8-14,17H,7,15-16,18-19H2,1-6H3,(H,31,34). The average molecular weight is 513 g/mol. The first-order valence-electron chi connectivity index (χ1n) is 12.4. The molecule has 0 aromatic heterocycles. The first kappa shape index (κ1) is 27.7. The van der Waals surface area contributed by atoms with Crippen LogP contribution in [0, 0.1) is 5.41 Å². The molecule has 1 aliphatic heterocycles. The number of benzene rings is 2. The topological polar surface area (TPSA) is 75.7 Å². The number of esters is 1. The van der Waals surface area contributed by atoms with Crippen LogP contribution in [0.15, 0.2) is 48.5 Å². The zero-order chi connectivity index (χ0) is 26.7. The Balaban J connectivity index is 1.73. The Labute approximate surface area is 219 Å². The van der Waals surface area contributed by atoms with E-state index in [1.165, 1.54) is 0 Å². The quantitative estimate of drug-likeness (QED) is 0.488. The van der Waals surface area contributed by atoms with Crippen molar-refractivity contribution in [3.8, 4) is 0 Å². The van der Waals surface area contributed by atoms with Crippen LogP contribution >= 0.6 is 11.6 Å². The second kappa shape index (κ2) is 10.6. The summed E-state index contributed by atoms with van der Waals surface area (Å²) < 4.78 is 5.18. The van der Waals surface area contributed by atoms with Crippen LogP contribution in [0.4, 0.5) is 0 Å². The van der Waals surface area contributed by atoms with E-state index in [1.54, 1.807) is 25.1 Å². The fraction of sp³-hybridized carbons (Fsp3) is 0.483. The normalized spacial score (nSPS) is 19.5. The molecule has 0 radical (unpaired) electrons. The fourth-order valence-corrected chi connectivity index (χ4v) is 5.11. The molecule has 6 nitrogen and oxygen atoms in total. The summed E-state index contributed by atoms with van der Waals surface area (Å²) in [6.45, 7) is 13.4. The Morgan fingerprint density at radius 3 is 2.36 bits per heavy atom. The van der Waals surface area contributed by atoms with Crippen molar-refractivity contribution in [1.82, 2.24) is 10.2 Å². The minimum Gasteiger partial charge on any atom is -0.462 e. The Morgan fingerprint density at radius 2 is 1.75 bits per heavy atom. The van der Waals surface area contributed by atoms with E-state index in [4.69, 9.17) is 16.3 Å². The maximum Gasteiger partial charge on any atom is 0.339 e. The first-order chi connectivity index (χ1) is 16.8. The van der Waals surface area contributed by atoms with Gasteiger partial charge in [0.25, 0.3) is 5.91 Å². The highest BCUT2D eigenvalue weighted by atomic mass is 35.5. The van der Waals surface area contributed by atoms with E-state index >= 15 is 0 Å². The van der Waals surface area contributed by atoms with E-state index < -0.39 is 11.5 Å². The number of amides is 2. The van der Waals surface area contributed by atoms with Gasteiger partial charge in [-0.25, -0.2) is 4.79 Å². The van der Waals surface area contributed by atoms with Crippen LogP contribution in [0.25, 0.3) is 0 Å². The molecule has 1 saturated heterocycles. The van der Waals surface area contributed by atoms with Crippen molar-refractivity contribution in [2.24, 2.45) is 5.41 Å². The van der Waals surface area contributed by atoms with Crippen LogP contribution in [0.2, 0.25) is 5.02 Å². The van der Waals surface area contributed by atoms with Gasteiger partial charge < -0.3 is 15.0 Å². The van der Waals surface area contributed by atoms with Crippen molar-refractivity contribution in [3.05, 3.63) is 70.2 Å². The van der Waals surface area contributed by atoms with Gasteiger partial charge in [-0.2, -0.15) is 0 Å². The van der Waals surface area contributed by atoms with Crippen LogP contribution in [0.3, 0.4) is 0 Å². The summed E-state index contributed by atoms with van der Waals surface area (Å²) in [5.74, 6) is -0.620. The Hall–Kier alpha value is -2.86. The summed E-state index contributed by atoms with van der Waals surface area (Å²) in [6.07, 6.45) is 0.929. The summed E-state index contributed by atoms with van der Waals surface area (Å²) >= 11 is 6.30. The number of hydrogen-bond donors (Lipinski definition) is 1. The molecule has 2 aromatic rings. The van der Waals surface area contributed by atoms with E-state index in [9.17, 15) is 14.4 Å². The molecule has 7 heteroatoms. The third-order valence-corrected chi connectivity index (χ3v) is 7.82. The van der Waals surface area contributed by atoms with E-state index in [1.807, 2.05) is 49.1 Å². The molecule has 2 amide bonds. The highest BCUT2D eigenvalue weighted by Gasteiger charge is 2.48. The number of nitrogens with zero attached hydrogens (tertiary/aromatic N) is 1. The zero-order valence-corrected chi connectivity index (χ0v) is 22.9. The minimum absolute atomic E-state index is 0.00630. The SMILES string of the molecule is CCOC(=O)c1cc(C2(C)CCN(C(=O)CC(C)(C)NC(=O)c3ccccc3)CC2(C)C)ccc1Cl. The summed E-state index contributed by atoms with van der Waals surface area (Å²) in [6, 6.07) is 14.6. The van der Waals surface area contributed by atoms with Gasteiger partial charge in [0.15, 0.2) is 0 Å². The molecule has 0 saturated carbocycles. The minimum atomic E-state index is -0.695. The van der Waals surface area contributed by atoms with Gasteiger partial charge in [-0.3, -0.25) is 9.59 Å². The summed E-state index contributed by atoms with van der Waals surface area (Å²) in [7, 11) is 0. The van der Waals surface area contributed by atoms with Crippen LogP contribution in [0.5, 0.6) is 0 Å². The van der Waals surface area contributed by atoms with E-state index in [2.05, 4.69) is 26.1 Å². The molecule has 1 atom stereocenters. The second-order valence-corrected chi connectivity index (χ2v) is 11.5. The van der Waals surface area contributed by atoms with E-state index in [0.29, 0.717) is 29.2 Å². The van der Waals surface area contributed by atoms with Crippen molar-refractivity contribution in [2.75, 3.05) is 19.7 Å². The molecule has 3 rings (SSSR count). The van der Waals surface area contributed by atoms with Gasteiger partial charge in [-0.05, 0) is 62.4 Å². The number of halogens is 1. The Morgan fingerprint density at radius 1 is 1.08 bits per heavy atom. The van der Waals surface area contributed by atoms with Crippen LogP contribution in [-0.4, -0.2) is 47.9 Å². The number of nitrogens with one attached hydrogen (secondary N) is 1. The lowest BCUT2D eigenvalue weighted by atomic mass is 9.59. The van der Waals surface area contributed by atoms with E-state index in [0.717, 1.165) is 12.0 Å². The Kier molecular flexibility index (Phi) is 8.19. The van der Waals surface area contributed by atoms with E-state index in [-0.39, 0.29) is 35.7 Å². The monoisotopic (exact) mass is 512 g/mol. The molecule has 1 unspecified atom stereocenters. The van der Waals surface area contributed by atoms with Gasteiger partial charge in [0.05, 0.1) is 17.2 Å². The van der Waals surface area contributed by atoms with Crippen molar-refractivity contribution in [1.29, 1.82) is 0 Å². The predicted molar refractivity (Wildman–Crippen MR) is 142 cm³/mol. The highest BCUT2D eigenvalue weighted by molar-refractivity contribution is 6.33. The second-order valence-electron chi connectivity index (χ2n) is 11.1. The predicted octanol–water partition coefficient (Wildman–Crippen LogP) is 5.63. The van der Waals surface area contributed by atoms with Crippen LogP contribution < -0.4 is 5.32 Å². The highest BCUT2D eigenvalue weighted by Crippen LogP contribution is 2.48. The lowest BCUT2D eigenvalue weighted by molar-refractivity contribution is -0.137. The molecule has 1 heterocycles. The number of likely N-dealkylation sites (tertiary alicyclic amines) is 1. The van der Waals surface area contributed by atoms with Crippen LogP contribution in [-0.2, 0) is 14.9 Å². The summed E-state index contributed by atoms with van der Waals surface area (Å²) in [4.78, 5) is 40.3. The number of piperidine rings is 1. The smallest absolute Gasteiger partial charge is 0.339 e. The third-order valence-electron chi connectivity index (χ3n) is 7.49. The molecule has 36 heavy (non-hydrogen) atoms. The molecule has 0 spiro atoms. The number of carbonyl (C=O) groups excluding carboxylic acids is 3. The maximum absolute atomic E-state index is 13.3. The zero-order valence-electron chi connectivity index (χ0n) is 22.1. The molecule has 0 bridgehead atoms. The molecule has 2 aromatic carbocycles. The van der Waals surface area contributed by atoms with Gasteiger partial charge in [-0.15, -0.1) is 0 Å². The molecule has 194 valence electrons.